The first-order chi connectivity index (χ1) is 18.9. The molecule has 0 amide bonds. The van der Waals surface area contributed by atoms with Crippen molar-refractivity contribution in [1.82, 2.24) is 0 Å². The molecule has 226 valence electrons. The summed E-state index contributed by atoms with van der Waals surface area (Å²) in [5, 5.41) is 7.53. The molecule has 0 bridgehead atoms. The van der Waals surface area contributed by atoms with Gasteiger partial charge in [-0.15, -0.1) is 0 Å². The first kappa shape index (κ1) is 36.6. The average molecular weight is 567 g/mol. The SMILES string of the molecule is CN=C(C)CCC(=O)OCC(COC(=O)CCC(C)=N)(COC(=O)CCC(C)=NC)COC(=O)CCC(C)=NC. The molecule has 0 fully saturated rings. The smallest absolute Gasteiger partial charge is 0.306 e. The standard InChI is InChI=1S/C28H46N4O8/c1-20(29)8-12-24(33)37-16-28(17-38-25(34)13-9-21(2)30-5,18-39-26(35)14-10-22(3)31-6)19-40-27(36)15-11-23(4)32-7/h29H,8-19H2,1-7H3. The molecule has 0 aliphatic rings. The van der Waals surface area contributed by atoms with Crippen LogP contribution in [0, 0.1) is 10.8 Å². The molecule has 0 spiro atoms. The van der Waals surface area contributed by atoms with Gasteiger partial charge in [0.1, 0.15) is 31.8 Å². The summed E-state index contributed by atoms with van der Waals surface area (Å²) in [7, 11) is 4.89. The molecule has 40 heavy (non-hydrogen) atoms. The van der Waals surface area contributed by atoms with Crippen molar-refractivity contribution in [3.05, 3.63) is 0 Å². The largest absolute Gasteiger partial charge is 0.465 e. The molecule has 0 heterocycles. The molecule has 0 aromatic heterocycles. The number of ether oxygens (including phenoxy) is 4. The number of rotatable bonds is 20. The Balaban J connectivity index is 5.77. The van der Waals surface area contributed by atoms with Gasteiger partial charge in [-0.1, -0.05) is 0 Å². The molecule has 12 nitrogen and oxygen atoms in total. The number of nitrogens with one attached hydrogen (secondary N) is 1. The molecular formula is C28H46N4O8. The van der Waals surface area contributed by atoms with Crippen molar-refractivity contribution in [2.75, 3.05) is 47.6 Å². The minimum Gasteiger partial charge on any atom is -0.465 e. The fourth-order valence-corrected chi connectivity index (χ4v) is 2.95. The van der Waals surface area contributed by atoms with E-state index >= 15 is 0 Å². The van der Waals surface area contributed by atoms with Crippen LogP contribution < -0.4 is 0 Å². The van der Waals surface area contributed by atoms with E-state index in [-0.39, 0.29) is 58.5 Å². The second kappa shape index (κ2) is 20.5. The zero-order chi connectivity index (χ0) is 30.6. The van der Waals surface area contributed by atoms with Crippen LogP contribution in [0.1, 0.15) is 79.1 Å². The maximum atomic E-state index is 12.5. The number of carbonyl (C=O) groups excluding carboxylic acids is 4. The molecule has 0 aromatic rings. The van der Waals surface area contributed by atoms with Crippen molar-refractivity contribution in [2.45, 2.75) is 79.1 Å². The van der Waals surface area contributed by atoms with Crippen molar-refractivity contribution in [2.24, 2.45) is 20.4 Å². The quantitative estimate of drug-likeness (QED) is 0.133. The van der Waals surface area contributed by atoms with Gasteiger partial charge in [0.25, 0.3) is 0 Å². The van der Waals surface area contributed by atoms with E-state index in [1.54, 1.807) is 48.8 Å². The monoisotopic (exact) mass is 566 g/mol. The fourth-order valence-electron chi connectivity index (χ4n) is 2.95. The molecule has 0 aliphatic carbocycles. The minimum atomic E-state index is -1.34. The maximum Gasteiger partial charge on any atom is 0.306 e. The Morgan fingerprint density at radius 2 is 0.750 bits per heavy atom. The van der Waals surface area contributed by atoms with Crippen LogP contribution in [0.5, 0.6) is 0 Å². The van der Waals surface area contributed by atoms with Gasteiger partial charge in [-0.3, -0.25) is 34.2 Å². The van der Waals surface area contributed by atoms with Crippen LogP contribution in [0.4, 0.5) is 0 Å². The van der Waals surface area contributed by atoms with Crippen LogP contribution in [0.15, 0.2) is 15.0 Å². The molecule has 0 unspecified atom stereocenters. The predicted octanol–water partition coefficient (Wildman–Crippen LogP) is 3.58. The molecule has 0 saturated carbocycles. The van der Waals surface area contributed by atoms with Gasteiger partial charge in [0.05, 0.1) is 25.7 Å². The van der Waals surface area contributed by atoms with Gasteiger partial charge in [0, 0.05) is 44.0 Å². The number of carbonyl (C=O) groups is 4. The van der Waals surface area contributed by atoms with Crippen molar-refractivity contribution in [3.8, 4) is 0 Å². The summed E-state index contributed by atoms with van der Waals surface area (Å²) in [6.45, 7) is 5.66. The lowest BCUT2D eigenvalue weighted by Gasteiger charge is -2.31. The predicted molar refractivity (Wildman–Crippen MR) is 154 cm³/mol. The lowest BCUT2D eigenvalue weighted by molar-refractivity contribution is -0.170. The second-order valence-corrected chi connectivity index (χ2v) is 9.80. The van der Waals surface area contributed by atoms with Gasteiger partial charge in [-0.25, -0.2) is 0 Å². The number of nitrogens with zero attached hydrogens (tertiary/aromatic N) is 3. The summed E-state index contributed by atoms with van der Waals surface area (Å²) in [6.07, 6.45) is 1.63. The highest BCUT2D eigenvalue weighted by atomic mass is 16.6. The summed E-state index contributed by atoms with van der Waals surface area (Å²) in [4.78, 5) is 61.8. The number of hydrogen-bond acceptors (Lipinski definition) is 12. The first-order valence-corrected chi connectivity index (χ1v) is 13.3. The Morgan fingerprint density at radius 1 is 0.500 bits per heavy atom. The van der Waals surface area contributed by atoms with Crippen molar-refractivity contribution < 1.29 is 38.1 Å². The highest BCUT2D eigenvalue weighted by Crippen LogP contribution is 2.23. The lowest BCUT2D eigenvalue weighted by atomic mass is 9.92. The Bertz CT molecular complexity index is 863. The maximum absolute atomic E-state index is 12.5. The highest BCUT2D eigenvalue weighted by Gasteiger charge is 2.38. The normalized spacial score (nSPS) is 13.7. The Labute approximate surface area is 237 Å². The molecule has 1 N–H and O–H groups in total. The van der Waals surface area contributed by atoms with Crippen LogP contribution in [-0.2, 0) is 38.1 Å². The third kappa shape index (κ3) is 18.0. The first-order valence-electron chi connectivity index (χ1n) is 13.3. The number of esters is 4. The van der Waals surface area contributed by atoms with E-state index in [1.165, 1.54) is 0 Å². The molecule has 12 heteroatoms. The van der Waals surface area contributed by atoms with Crippen LogP contribution >= 0.6 is 0 Å². The van der Waals surface area contributed by atoms with Crippen molar-refractivity contribution in [3.63, 3.8) is 0 Å². The molecule has 0 atom stereocenters. The molecular weight excluding hydrogens is 520 g/mol. The Hall–Kier alpha value is -3.44. The van der Waals surface area contributed by atoms with Crippen LogP contribution in [0.25, 0.3) is 0 Å². The van der Waals surface area contributed by atoms with E-state index in [0.29, 0.717) is 25.0 Å². The van der Waals surface area contributed by atoms with E-state index < -0.39 is 29.3 Å². The van der Waals surface area contributed by atoms with Crippen LogP contribution in [0.2, 0.25) is 0 Å². The Kier molecular flexibility index (Phi) is 18.7. The topological polar surface area (TPSA) is 166 Å². The zero-order valence-electron chi connectivity index (χ0n) is 25.1. The van der Waals surface area contributed by atoms with Gasteiger partial charge in [-0.05, 0) is 53.4 Å². The molecule has 0 rings (SSSR count). The van der Waals surface area contributed by atoms with E-state index in [4.69, 9.17) is 24.4 Å². The second-order valence-electron chi connectivity index (χ2n) is 9.80. The highest BCUT2D eigenvalue weighted by molar-refractivity contribution is 5.86. The van der Waals surface area contributed by atoms with Crippen LogP contribution in [0.3, 0.4) is 0 Å². The van der Waals surface area contributed by atoms with Gasteiger partial charge in [0.2, 0.25) is 0 Å². The molecule has 0 radical (unpaired) electrons. The van der Waals surface area contributed by atoms with Gasteiger partial charge in [-0.2, -0.15) is 0 Å². The van der Waals surface area contributed by atoms with Gasteiger partial charge in [0.15, 0.2) is 0 Å². The van der Waals surface area contributed by atoms with E-state index in [9.17, 15) is 19.2 Å². The van der Waals surface area contributed by atoms with Gasteiger partial charge >= 0.3 is 23.9 Å². The van der Waals surface area contributed by atoms with E-state index in [0.717, 1.165) is 17.1 Å². The Morgan fingerprint density at radius 3 is 0.975 bits per heavy atom. The van der Waals surface area contributed by atoms with Crippen LogP contribution in [-0.4, -0.2) is 94.3 Å². The summed E-state index contributed by atoms with van der Waals surface area (Å²) in [6, 6.07) is 0. The summed E-state index contributed by atoms with van der Waals surface area (Å²) in [5.74, 6) is -2.17. The van der Waals surface area contributed by atoms with Crippen molar-refractivity contribution >= 4 is 46.7 Å². The number of aliphatic imine (C=N–C) groups is 3. The van der Waals surface area contributed by atoms with E-state index in [1.807, 2.05) is 0 Å². The zero-order valence-corrected chi connectivity index (χ0v) is 25.1. The third-order valence-corrected chi connectivity index (χ3v) is 6.08. The average Bonchev–Trinajstić information content (AvgIpc) is 2.94. The molecule has 0 aromatic carbocycles. The summed E-state index contributed by atoms with van der Waals surface area (Å²) >= 11 is 0. The summed E-state index contributed by atoms with van der Waals surface area (Å²) in [5.41, 5.74) is 1.31. The number of hydrogen-bond donors (Lipinski definition) is 1. The fraction of sp³-hybridized carbons (Fsp3) is 0.714. The molecule has 0 aliphatic heterocycles. The lowest BCUT2D eigenvalue weighted by Crippen LogP contribution is -2.44. The third-order valence-electron chi connectivity index (χ3n) is 6.08. The molecule has 0 saturated heterocycles. The van der Waals surface area contributed by atoms with E-state index in [2.05, 4.69) is 15.0 Å². The van der Waals surface area contributed by atoms with Crippen molar-refractivity contribution in [1.29, 1.82) is 5.41 Å². The van der Waals surface area contributed by atoms with Gasteiger partial charge < -0.3 is 24.4 Å². The summed E-state index contributed by atoms with van der Waals surface area (Å²) < 4.78 is 21.9. The minimum absolute atomic E-state index is 0.0222.